The maximum atomic E-state index is 12.2. The summed E-state index contributed by atoms with van der Waals surface area (Å²) in [4.78, 5) is 13.7. The first-order valence-electron chi connectivity index (χ1n) is 6.78. The molecule has 0 unspecified atom stereocenters. The summed E-state index contributed by atoms with van der Waals surface area (Å²) in [5.74, 6) is -0.595. The Balaban J connectivity index is 2.03. The van der Waals surface area contributed by atoms with Gasteiger partial charge in [-0.15, -0.1) is 0 Å². The lowest BCUT2D eigenvalue weighted by Gasteiger charge is -2.29. The van der Waals surface area contributed by atoms with Crippen molar-refractivity contribution in [3.8, 4) is 0 Å². The maximum Gasteiger partial charge on any atom is 0.241 e. The molecule has 1 atom stereocenters. The van der Waals surface area contributed by atoms with E-state index in [0.29, 0.717) is 0 Å². The smallest absolute Gasteiger partial charge is 0.241 e. The molecule has 1 fully saturated rings. The molecule has 7 nitrogen and oxygen atoms in total. The lowest BCUT2D eigenvalue weighted by atomic mass is 10.3. The summed E-state index contributed by atoms with van der Waals surface area (Å²) in [6.07, 6.45) is 0. The Bertz CT molecular complexity index is 730. The zero-order valence-electron chi connectivity index (χ0n) is 12.1. The molecule has 0 bridgehead atoms. The number of sulfonamides is 1. The van der Waals surface area contributed by atoms with Crippen LogP contribution in [0.3, 0.4) is 0 Å². The van der Waals surface area contributed by atoms with Gasteiger partial charge in [0.1, 0.15) is 0 Å². The van der Waals surface area contributed by atoms with Gasteiger partial charge in [-0.3, -0.25) is 4.79 Å². The summed E-state index contributed by atoms with van der Waals surface area (Å²) in [6.45, 7) is 1.64. The number of hydrogen-bond acceptors (Lipinski definition) is 5. The van der Waals surface area contributed by atoms with Gasteiger partial charge in [0.15, 0.2) is 9.84 Å². The van der Waals surface area contributed by atoms with Gasteiger partial charge in [0.25, 0.3) is 0 Å². The fourth-order valence-corrected chi connectivity index (χ4v) is 4.58. The second-order valence-electron chi connectivity index (χ2n) is 5.13. The molecular formula is C13H18N2O5S2. The first-order chi connectivity index (χ1) is 10.2. The van der Waals surface area contributed by atoms with Gasteiger partial charge in [0, 0.05) is 13.1 Å². The summed E-state index contributed by atoms with van der Waals surface area (Å²) in [5, 5.41) is 0. The first kappa shape index (κ1) is 16.9. The minimum Gasteiger partial charge on any atom is -0.339 e. The van der Waals surface area contributed by atoms with Gasteiger partial charge in [-0.1, -0.05) is 18.2 Å². The quantitative estimate of drug-likeness (QED) is 0.800. The molecule has 22 heavy (non-hydrogen) atoms. The number of amides is 1. The van der Waals surface area contributed by atoms with E-state index < -0.39 is 31.8 Å². The average Bonchev–Trinajstić information content (AvgIpc) is 2.47. The molecule has 9 heteroatoms. The molecule has 0 spiro atoms. The predicted molar refractivity (Wildman–Crippen MR) is 81.5 cm³/mol. The van der Waals surface area contributed by atoms with Crippen LogP contribution in [0.1, 0.15) is 6.92 Å². The Morgan fingerprint density at radius 3 is 2.27 bits per heavy atom. The molecule has 1 saturated heterocycles. The van der Waals surface area contributed by atoms with Crippen molar-refractivity contribution in [2.24, 2.45) is 0 Å². The fraction of sp³-hybridized carbons (Fsp3) is 0.462. The largest absolute Gasteiger partial charge is 0.339 e. The number of hydrogen-bond donors (Lipinski definition) is 1. The minimum absolute atomic E-state index is 0.0795. The highest BCUT2D eigenvalue weighted by Gasteiger charge is 2.30. The topological polar surface area (TPSA) is 101 Å². The molecular weight excluding hydrogens is 328 g/mol. The number of nitrogens with zero attached hydrogens (tertiary/aromatic N) is 1. The monoisotopic (exact) mass is 346 g/mol. The highest BCUT2D eigenvalue weighted by molar-refractivity contribution is 7.91. The number of benzene rings is 1. The number of carbonyl (C=O) groups is 1. The van der Waals surface area contributed by atoms with Crippen LogP contribution >= 0.6 is 0 Å². The van der Waals surface area contributed by atoms with E-state index in [-0.39, 0.29) is 29.5 Å². The normalized spacial score (nSPS) is 19.6. The van der Waals surface area contributed by atoms with Gasteiger partial charge in [0.05, 0.1) is 22.4 Å². The molecule has 1 aromatic carbocycles. The summed E-state index contributed by atoms with van der Waals surface area (Å²) in [6, 6.07) is 6.81. The van der Waals surface area contributed by atoms with Crippen LogP contribution in [-0.4, -0.2) is 58.3 Å². The van der Waals surface area contributed by atoms with Gasteiger partial charge in [-0.25, -0.2) is 16.8 Å². The third-order valence-corrected chi connectivity index (χ3v) is 6.58. The predicted octanol–water partition coefficient (Wildman–Crippen LogP) is -0.390. The zero-order valence-corrected chi connectivity index (χ0v) is 13.7. The van der Waals surface area contributed by atoms with Crippen LogP contribution in [0.4, 0.5) is 0 Å². The Hall–Kier alpha value is -1.45. The van der Waals surface area contributed by atoms with Crippen molar-refractivity contribution in [3.63, 3.8) is 0 Å². The molecule has 0 aliphatic carbocycles. The van der Waals surface area contributed by atoms with Crippen LogP contribution in [0.2, 0.25) is 0 Å². The summed E-state index contributed by atoms with van der Waals surface area (Å²) >= 11 is 0. The number of sulfone groups is 1. The van der Waals surface area contributed by atoms with Gasteiger partial charge in [-0.2, -0.15) is 4.72 Å². The zero-order chi connectivity index (χ0) is 16.4. The molecule has 0 radical (unpaired) electrons. The van der Waals surface area contributed by atoms with Crippen LogP contribution in [0.5, 0.6) is 0 Å². The molecule has 1 aliphatic rings. The molecule has 122 valence electrons. The summed E-state index contributed by atoms with van der Waals surface area (Å²) in [5.41, 5.74) is 0. The first-order valence-corrected chi connectivity index (χ1v) is 10.1. The number of nitrogens with one attached hydrogen (secondary N) is 1. The SMILES string of the molecule is C[C@H](NS(=O)(=O)c1ccccc1)C(=O)N1CCS(=O)(=O)CC1. The summed E-state index contributed by atoms with van der Waals surface area (Å²) in [7, 11) is -6.87. The van der Waals surface area contributed by atoms with Gasteiger partial charge in [0.2, 0.25) is 15.9 Å². The Morgan fingerprint density at radius 2 is 1.73 bits per heavy atom. The Labute approximate surface area is 130 Å². The van der Waals surface area contributed by atoms with Crippen molar-refractivity contribution >= 4 is 25.8 Å². The molecule has 1 amide bonds. The van der Waals surface area contributed by atoms with E-state index in [0.717, 1.165) is 0 Å². The second-order valence-corrected chi connectivity index (χ2v) is 9.15. The van der Waals surface area contributed by atoms with Crippen molar-refractivity contribution in [2.45, 2.75) is 17.9 Å². The van der Waals surface area contributed by atoms with E-state index in [2.05, 4.69) is 4.72 Å². The molecule has 0 aromatic heterocycles. The molecule has 0 saturated carbocycles. The van der Waals surface area contributed by atoms with Gasteiger partial charge in [-0.05, 0) is 19.1 Å². The van der Waals surface area contributed by atoms with E-state index in [4.69, 9.17) is 0 Å². The van der Waals surface area contributed by atoms with E-state index >= 15 is 0 Å². The fourth-order valence-electron chi connectivity index (χ4n) is 2.16. The van der Waals surface area contributed by atoms with Gasteiger partial charge < -0.3 is 4.90 Å². The van der Waals surface area contributed by atoms with Crippen molar-refractivity contribution in [2.75, 3.05) is 24.6 Å². The third kappa shape index (κ3) is 4.05. The summed E-state index contributed by atoms with van der Waals surface area (Å²) < 4.78 is 49.3. The molecule has 2 rings (SSSR count). The van der Waals surface area contributed by atoms with Crippen molar-refractivity contribution in [1.82, 2.24) is 9.62 Å². The number of rotatable bonds is 4. The average molecular weight is 346 g/mol. The highest BCUT2D eigenvalue weighted by Crippen LogP contribution is 2.10. The van der Waals surface area contributed by atoms with E-state index in [1.54, 1.807) is 18.2 Å². The second kappa shape index (κ2) is 6.35. The van der Waals surface area contributed by atoms with Crippen molar-refractivity contribution in [1.29, 1.82) is 0 Å². The van der Waals surface area contributed by atoms with Crippen LogP contribution in [0, 0.1) is 0 Å². The van der Waals surface area contributed by atoms with Crippen molar-refractivity contribution < 1.29 is 21.6 Å². The van der Waals surface area contributed by atoms with E-state index in [9.17, 15) is 21.6 Å². The van der Waals surface area contributed by atoms with Crippen LogP contribution in [-0.2, 0) is 24.7 Å². The maximum absolute atomic E-state index is 12.2. The lowest BCUT2D eigenvalue weighted by Crippen LogP contribution is -2.51. The highest BCUT2D eigenvalue weighted by atomic mass is 32.2. The standard InChI is InChI=1S/C13H18N2O5S2/c1-11(13(16)15-7-9-21(17,18)10-8-15)14-22(19,20)12-5-3-2-4-6-12/h2-6,11,14H,7-10H2,1H3/t11-/m0/s1. The van der Waals surface area contributed by atoms with Gasteiger partial charge >= 0.3 is 0 Å². The van der Waals surface area contributed by atoms with E-state index in [1.165, 1.54) is 24.0 Å². The minimum atomic E-state index is -3.78. The van der Waals surface area contributed by atoms with E-state index in [1.807, 2.05) is 0 Å². The molecule has 1 N–H and O–H groups in total. The van der Waals surface area contributed by atoms with Crippen LogP contribution in [0.25, 0.3) is 0 Å². The third-order valence-electron chi connectivity index (χ3n) is 3.41. The Kier molecular flexibility index (Phi) is 4.88. The van der Waals surface area contributed by atoms with Crippen LogP contribution < -0.4 is 4.72 Å². The Morgan fingerprint density at radius 1 is 1.18 bits per heavy atom. The molecule has 1 aliphatic heterocycles. The van der Waals surface area contributed by atoms with Crippen molar-refractivity contribution in [3.05, 3.63) is 30.3 Å². The number of carbonyl (C=O) groups excluding carboxylic acids is 1. The lowest BCUT2D eigenvalue weighted by molar-refractivity contribution is -0.132. The molecule has 1 heterocycles. The van der Waals surface area contributed by atoms with Crippen LogP contribution in [0.15, 0.2) is 35.2 Å². The molecule has 1 aromatic rings.